The molecule has 0 aliphatic heterocycles. The smallest absolute Gasteiger partial charge is 0.234 e. The summed E-state index contributed by atoms with van der Waals surface area (Å²) in [5.74, 6) is 0.439. The molecular formula is C18H22N2OS. The summed E-state index contributed by atoms with van der Waals surface area (Å²) in [6.07, 6.45) is 0. The number of hydrogen-bond acceptors (Lipinski definition) is 3. The number of thioether (sulfide) groups is 1. The van der Waals surface area contributed by atoms with Crippen molar-refractivity contribution in [3.8, 4) is 0 Å². The minimum atomic E-state index is 0.0209. The van der Waals surface area contributed by atoms with Crippen LogP contribution in [-0.2, 0) is 11.3 Å². The van der Waals surface area contributed by atoms with Crippen LogP contribution in [0.25, 0.3) is 0 Å². The van der Waals surface area contributed by atoms with Gasteiger partial charge in [-0.25, -0.2) is 0 Å². The number of anilines is 1. The summed E-state index contributed by atoms with van der Waals surface area (Å²) in [4.78, 5) is 15.3. The number of nitrogens with one attached hydrogen (secondary N) is 1. The molecule has 3 nitrogen and oxygen atoms in total. The van der Waals surface area contributed by atoms with E-state index in [4.69, 9.17) is 0 Å². The van der Waals surface area contributed by atoms with Gasteiger partial charge in [0.15, 0.2) is 0 Å². The standard InChI is InChI=1S/C18H22N2OS/c1-14-7-9-17(10-8-14)22-13-18(21)19-16-6-4-5-15(11-16)12-20(2)3/h4-11H,12-13H2,1-3H3,(H,19,21). The van der Waals surface area contributed by atoms with E-state index >= 15 is 0 Å². The van der Waals surface area contributed by atoms with Crippen LogP contribution >= 0.6 is 11.8 Å². The van der Waals surface area contributed by atoms with Gasteiger partial charge < -0.3 is 10.2 Å². The molecule has 0 heterocycles. The van der Waals surface area contributed by atoms with Gasteiger partial charge in [0.25, 0.3) is 0 Å². The second-order valence-corrected chi connectivity index (χ2v) is 6.64. The molecule has 0 aliphatic rings. The number of nitrogens with zero attached hydrogens (tertiary/aromatic N) is 1. The van der Waals surface area contributed by atoms with Crippen LogP contribution in [0, 0.1) is 6.92 Å². The van der Waals surface area contributed by atoms with E-state index in [0.717, 1.165) is 17.1 Å². The number of benzene rings is 2. The highest BCUT2D eigenvalue weighted by Crippen LogP contribution is 2.19. The first-order valence-electron chi connectivity index (χ1n) is 7.26. The lowest BCUT2D eigenvalue weighted by Gasteiger charge is -2.11. The van der Waals surface area contributed by atoms with E-state index in [1.165, 1.54) is 11.1 Å². The van der Waals surface area contributed by atoms with Crippen molar-refractivity contribution in [3.05, 3.63) is 59.7 Å². The minimum Gasteiger partial charge on any atom is -0.325 e. The predicted octanol–water partition coefficient (Wildman–Crippen LogP) is 3.79. The summed E-state index contributed by atoms with van der Waals surface area (Å²) >= 11 is 1.55. The largest absolute Gasteiger partial charge is 0.325 e. The van der Waals surface area contributed by atoms with Gasteiger partial charge in [0.1, 0.15) is 0 Å². The van der Waals surface area contributed by atoms with E-state index in [1.807, 2.05) is 44.4 Å². The van der Waals surface area contributed by atoms with Crippen molar-refractivity contribution >= 4 is 23.4 Å². The van der Waals surface area contributed by atoms with Crippen molar-refractivity contribution < 1.29 is 4.79 Å². The first-order valence-corrected chi connectivity index (χ1v) is 8.24. The van der Waals surface area contributed by atoms with Gasteiger partial charge in [-0.1, -0.05) is 29.8 Å². The second-order valence-electron chi connectivity index (χ2n) is 5.59. The Morgan fingerprint density at radius 3 is 2.55 bits per heavy atom. The van der Waals surface area contributed by atoms with Crippen molar-refractivity contribution in [2.24, 2.45) is 0 Å². The molecule has 2 aromatic rings. The monoisotopic (exact) mass is 314 g/mol. The molecule has 0 aromatic heterocycles. The Hall–Kier alpha value is -1.78. The molecule has 4 heteroatoms. The van der Waals surface area contributed by atoms with Gasteiger partial charge in [-0.2, -0.15) is 0 Å². The van der Waals surface area contributed by atoms with E-state index in [-0.39, 0.29) is 5.91 Å². The zero-order chi connectivity index (χ0) is 15.9. The third-order valence-corrected chi connectivity index (χ3v) is 4.11. The molecule has 0 atom stereocenters. The van der Waals surface area contributed by atoms with Crippen LogP contribution in [0.3, 0.4) is 0 Å². The quantitative estimate of drug-likeness (QED) is 0.823. The van der Waals surface area contributed by atoms with Crippen LogP contribution in [0.2, 0.25) is 0 Å². The van der Waals surface area contributed by atoms with Gasteiger partial charge in [-0.05, 0) is 50.8 Å². The van der Waals surface area contributed by atoms with Crippen LogP contribution in [0.1, 0.15) is 11.1 Å². The van der Waals surface area contributed by atoms with Crippen molar-refractivity contribution in [1.82, 2.24) is 4.90 Å². The molecule has 0 bridgehead atoms. The molecule has 1 N–H and O–H groups in total. The lowest BCUT2D eigenvalue weighted by Crippen LogP contribution is -2.15. The highest BCUT2D eigenvalue weighted by Gasteiger charge is 2.05. The van der Waals surface area contributed by atoms with Gasteiger partial charge >= 0.3 is 0 Å². The fourth-order valence-electron chi connectivity index (χ4n) is 2.09. The highest BCUT2D eigenvalue weighted by molar-refractivity contribution is 8.00. The number of hydrogen-bond donors (Lipinski definition) is 1. The summed E-state index contributed by atoms with van der Waals surface area (Å²) in [5, 5.41) is 2.96. The van der Waals surface area contributed by atoms with Gasteiger partial charge in [-0.3, -0.25) is 4.79 Å². The van der Waals surface area contributed by atoms with Crippen molar-refractivity contribution in [2.75, 3.05) is 25.2 Å². The Kier molecular flexibility index (Phi) is 6.04. The lowest BCUT2D eigenvalue weighted by atomic mass is 10.2. The lowest BCUT2D eigenvalue weighted by molar-refractivity contribution is -0.113. The molecule has 1 amide bonds. The third kappa shape index (κ3) is 5.54. The number of carbonyl (C=O) groups is 1. The van der Waals surface area contributed by atoms with Crippen LogP contribution in [0.15, 0.2) is 53.4 Å². The van der Waals surface area contributed by atoms with E-state index in [2.05, 4.69) is 35.3 Å². The van der Waals surface area contributed by atoms with E-state index < -0.39 is 0 Å². The highest BCUT2D eigenvalue weighted by atomic mass is 32.2. The van der Waals surface area contributed by atoms with Crippen LogP contribution in [0.5, 0.6) is 0 Å². The predicted molar refractivity (Wildman–Crippen MR) is 94.4 cm³/mol. The molecule has 2 aromatic carbocycles. The Bertz CT molecular complexity index is 623. The molecule has 22 heavy (non-hydrogen) atoms. The SMILES string of the molecule is Cc1ccc(SCC(=O)Nc2cccc(CN(C)C)c2)cc1. The first-order chi connectivity index (χ1) is 10.5. The number of aryl methyl sites for hydroxylation is 1. The topological polar surface area (TPSA) is 32.3 Å². The molecule has 0 spiro atoms. The summed E-state index contributed by atoms with van der Waals surface area (Å²) in [6.45, 7) is 2.92. The van der Waals surface area contributed by atoms with E-state index in [9.17, 15) is 4.79 Å². The van der Waals surface area contributed by atoms with Gasteiger partial charge in [-0.15, -0.1) is 11.8 Å². The average Bonchev–Trinajstić information content (AvgIpc) is 2.46. The maximum Gasteiger partial charge on any atom is 0.234 e. The number of carbonyl (C=O) groups excluding carboxylic acids is 1. The molecule has 0 aliphatic carbocycles. The summed E-state index contributed by atoms with van der Waals surface area (Å²) in [5.41, 5.74) is 3.27. The number of amides is 1. The zero-order valence-electron chi connectivity index (χ0n) is 13.3. The van der Waals surface area contributed by atoms with E-state index in [0.29, 0.717) is 5.75 Å². The Balaban J connectivity index is 1.87. The normalized spacial score (nSPS) is 10.7. The summed E-state index contributed by atoms with van der Waals surface area (Å²) in [6, 6.07) is 16.2. The zero-order valence-corrected chi connectivity index (χ0v) is 14.1. The molecular weight excluding hydrogens is 292 g/mol. The van der Waals surface area contributed by atoms with Gasteiger partial charge in [0.05, 0.1) is 5.75 Å². The van der Waals surface area contributed by atoms with Gasteiger partial charge in [0, 0.05) is 17.1 Å². The average molecular weight is 314 g/mol. The number of rotatable bonds is 6. The maximum absolute atomic E-state index is 12.0. The fraction of sp³-hybridized carbons (Fsp3) is 0.278. The fourth-order valence-corrected chi connectivity index (χ4v) is 2.79. The van der Waals surface area contributed by atoms with Crippen molar-refractivity contribution in [1.29, 1.82) is 0 Å². The van der Waals surface area contributed by atoms with Gasteiger partial charge in [0.2, 0.25) is 5.91 Å². The first kappa shape index (κ1) is 16.6. The molecule has 0 radical (unpaired) electrons. The molecule has 0 fully saturated rings. The Morgan fingerprint density at radius 1 is 1.14 bits per heavy atom. The molecule has 0 unspecified atom stereocenters. The summed E-state index contributed by atoms with van der Waals surface area (Å²) in [7, 11) is 4.06. The maximum atomic E-state index is 12.0. The van der Waals surface area contributed by atoms with Crippen LogP contribution in [-0.4, -0.2) is 30.7 Å². The molecule has 116 valence electrons. The van der Waals surface area contributed by atoms with Crippen LogP contribution in [0.4, 0.5) is 5.69 Å². The second kappa shape index (κ2) is 8.01. The van der Waals surface area contributed by atoms with Crippen molar-refractivity contribution in [2.45, 2.75) is 18.4 Å². The molecule has 2 rings (SSSR count). The summed E-state index contributed by atoms with van der Waals surface area (Å²) < 4.78 is 0. The minimum absolute atomic E-state index is 0.0209. The molecule has 0 saturated heterocycles. The Labute approximate surface area is 136 Å². The Morgan fingerprint density at radius 2 is 1.86 bits per heavy atom. The van der Waals surface area contributed by atoms with Crippen molar-refractivity contribution in [3.63, 3.8) is 0 Å². The van der Waals surface area contributed by atoms with Crippen LogP contribution < -0.4 is 5.32 Å². The van der Waals surface area contributed by atoms with E-state index in [1.54, 1.807) is 11.8 Å². The molecule has 0 saturated carbocycles. The third-order valence-electron chi connectivity index (χ3n) is 3.10.